The number of nitrogens with one attached hydrogen (secondary N) is 2. The number of imide groups is 1. The average Bonchev–Trinajstić information content (AvgIpc) is 2.84. The molecular formula is C20H27N3O4. The van der Waals surface area contributed by atoms with Gasteiger partial charge in [-0.15, -0.1) is 0 Å². The van der Waals surface area contributed by atoms with Crippen molar-refractivity contribution in [2.45, 2.75) is 39.2 Å². The molecule has 146 valence electrons. The third-order valence-corrected chi connectivity index (χ3v) is 4.35. The highest BCUT2D eigenvalue weighted by molar-refractivity contribution is 6.09. The number of nitrogens with zero attached hydrogens (tertiary/aromatic N) is 1. The normalized spacial score (nSPS) is 19.0. The van der Waals surface area contributed by atoms with Crippen LogP contribution in [0.1, 0.15) is 39.2 Å². The third-order valence-electron chi connectivity index (χ3n) is 4.35. The van der Waals surface area contributed by atoms with Crippen LogP contribution < -0.4 is 15.4 Å². The summed E-state index contributed by atoms with van der Waals surface area (Å²) in [4.78, 5) is 38.0. The first-order chi connectivity index (χ1) is 12.8. The lowest BCUT2D eigenvalue weighted by atomic mass is 9.92. The van der Waals surface area contributed by atoms with Crippen LogP contribution in [-0.4, -0.2) is 42.4 Å². The number of amides is 4. The van der Waals surface area contributed by atoms with Crippen LogP contribution >= 0.6 is 0 Å². The van der Waals surface area contributed by atoms with Crippen LogP contribution in [0.25, 0.3) is 0 Å². The van der Waals surface area contributed by atoms with Crippen molar-refractivity contribution >= 4 is 17.8 Å². The van der Waals surface area contributed by atoms with Gasteiger partial charge in [-0.25, -0.2) is 4.79 Å². The van der Waals surface area contributed by atoms with Crippen LogP contribution in [-0.2, 0) is 15.1 Å². The molecule has 0 saturated carbocycles. The van der Waals surface area contributed by atoms with E-state index in [1.807, 2.05) is 13.8 Å². The molecule has 1 heterocycles. The fourth-order valence-electron chi connectivity index (χ4n) is 2.73. The minimum atomic E-state index is -1.21. The second kappa shape index (κ2) is 8.70. The molecule has 1 aromatic carbocycles. The standard InChI is InChI=1S/C20H27N3O4/c1-5-6-11-21-17(24)12-23-18(25)20(4,22-19(23)26)15-7-9-16(10-8-15)27-13-14(2)3/h7-10H,2,5-6,11-13H2,1,3-4H3,(H,21,24)(H,22,26). The molecule has 0 spiro atoms. The largest absolute Gasteiger partial charge is 0.489 e. The fraction of sp³-hybridized carbons (Fsp3) is 0.450. The molecule has 7 nitrogen and oxygen atoms in total. The Morgan fingerprint density at radius 3 is 2.56 bits per heavy atom. The number of ether oxygens (including phenoxy) is 1. The third kappa shape index (κ3) is 4.87. The van der Waals surface area contributed by atoms with Crippen LogP contribution in [0.2, 0.25) is 0 Å². The summed E-state index contributed by atoms with van der Waals surface area (Å²) < 4.78 is 5.55. The van der Waals surface area contributed by atoms with Gasteiger partial charge in [0.25, 0.3) is 5.91 Å². The summed E-state index contributed by atoms with van der Waals surface area (Å²) in [6.45, 7) is 9.95. The number of hydrogen-bond acceptors (Lipinski definition) is 4. The van der Waals surface area contributed by atoms with Crippen LogP contribution in [0, 0.1) is 0 Å². The number of unbranched alkanes of at least 4 members (excludes halogenated alkanes) is 1. The highest BCUT2D eigenvalue weighted by atomic mass is 16.5. The first kappa shape index (κ1) is 20.5. The second-order valence-corrected chi connectivity index (χ2v) is 6.92. The Labute approximate surface area is 159 Å². The summed E-state index contributed by atoms with van der Waals surface area (Å²) in [6.07, 6.45) is 1.80. The van der Waals surface area contributed by atoms with Crippen molar-refractivity contribution < 1.29 is 19.1 Å². The van der Waals surface area contributed by atoms with E-state index in [4.69, 9.17) is 4.74 Å². The predicted molar refractivity (Wildman–Crippen MR) is 102 cm³/mol. The van der Waals surface area contributed by atoms with E-state index in [9.17, 15) is 14.4 Å². The topological polar surface area (TPSA) is 87.7 Å². The molecule has 0 radical (unpaired) electrons. The van der Waals surface area contributed by atoms with E-state index in [2.05, 4.69) is 17.2 Å². The number of rotatable bonds is 9. The summed E-state index contributed by atoms with van der Waals surface area (Å²) in [7, 11) is 0. The molecule has 4 amide bonds. The van der Waals surface area contributed by atoms with Crippen molar-refractivity contribution in [3.63, 3.8) is 0 Å². The molecule has 0 aromatic heterocycles. The highest BCUT2D eigenvalue weighted by Gasteiger charge is 2.49. The fourth-order valence-corrected chi connectivity index (χ4v) is 2.73. The van der Waals surface area contributed by atoms with E-state index in [-0.39, 0.29) is 12.5 Å². The lowest BCUT2D eigenvalue weighted by Gasteiger charge is -2.22. The van der Waals surface area contributed by atoms with Gasteiger partial charge in [0.1, 0.15) is 24.4 Å². The van der Waals surface area contributed by atoms with Crippen LogP contribution in [0.15, 0.2) is 36.4 Å². The molecule has 1 aromatic rings. The van der Waals surface area contributed by atoms with Crippen LogP contribution in [0.5, 0.6) is 5.75 Å². The number of urea groups is 1. The Morgan fingerprint density at radius 2 is 1.96 bits per heavy atom. The van der Waals surface area contributed by atoms with Gasteiger partial charge in [0, 0.05) is 6.54 Å². The maximum absolute atomic E-state index is 12.8. The molecule has 1 atom stereocenters. The molecule has 1 fully saturated rings. The Kier molecular flexibility index (Phi) is 6.60. The number of benzene rings is 1. The molecule has 1 aliphatic heterocycles. The van der Waals surface area contributed by atoms with Gasteiger partial charge in [-0.05, 0) is 43.5 Å². The maximum Gasteiger partial charge on any atom is 0.325 e. The van der Waals surface area contributed by atoms with E-state index in [0.717, 1.165) is 23.3 Å². The first-order valence-corrected chi connectivity index (χ1v) is 9.06. The molecule has 27 heavy (non-hydrogen) atoms. The lowest BCUT2D eigenvalue weighted by Crippen LogP contribution is -2.43. The monoisotopic (exact) mass is 373 g/mol. The molecule has 1 saturated heterocycles. The summed E-state index contributed by atoms with van der Waals surface area (Å²) in [5.41, 5.74) is 0.308. The molecule has 2 rings (SSSR count). The highest BCUT2D eigenvalue weighted by Crippen LogP contribution is 2.30. The average molecular weight is 373 g/mol. The van der Waals surface area contributed by atoms with E-state index in [1.165, 1.54) is 0 Å². The lowest BCUT2D eigenvalue weighted by molar-refractivity contribution is -0.134. The van der Waals surface area contributed by atoms with Gasteiger partial charge in [0.2, 0.25) is 5.91 Å². The second-order valence-electron chi connectivity index (χ2n) is 6.92. The molecule has 0 bridgehead atoms. The SMILES string of the molecule is C=C(C)COc1ccc(C2(C)NC(=O)N(CC(=O)NCCCC)C2=O)cc1. The summed E-state index contributed by atoms with van der Waals surface area (Å²) in [6, 6.07) is 6.37. The van der Waals surface area contributed by atoms with E-state index in [0.29, 0.717) is 24.5 Å². The minimum absolute atomic E-state index is 0.288. The molecule has 2 N–H and O–H groups in total. The number of hydrogen-bond donors (Lipinski definition) is 2. The predicted octanol–water partition coefficient (Wildman–Crippen LogP) is 2.32. The van der Waals surface area contributed by atoms with Crippen LogP contribution in [0.4, 0.5) is 4.79 Å². The summed E-state index contributed by atoms with van der Waals surface area (Å²) in [5, 5.41) is 5.40. The first-order valence-electron chi connectivity index (χ1n) is 9.06. The maximum atomic E-state index is 12.8. The van der Waals surface area contributed by atoms with Crippen molar-refractivity contribution in [1.29, 1.82) is 0 Å². The zero-order valence-electron chi connectivity index (χ0n) is 16.1. The van der Waals surface area contributed by atoms with E-state index in [1.54, 1.807) is 31.2 Å². The van der Waals surface area contributed by atoms with Gasteiger partial charge in [-0.2, -0.15) is 0 Å². The van der Waals surface area contributed by atoms with Gasteiger partial charge < -0.3 is 15.4 Å². The minimum Gasteiger partial charge on any atom is -0.489 e. The van der Waals surface area contributed by atoms with Crippen molar-refractivity contribution in [3.05, 3.63) is 42.0 Å². The van der Waals surface area contributed by atoms with Crippen molar-refractivity contribution in [3.8, 4) is 5.75 Å². The zero-order valence-corrected chi connectivity index (χ0v) is 16.1. The van der Waals surface area contributed by atoms with Gasteiger partial charge in [0.15, 0.2) is 0 Å². The van der Waals surface area contributed by atoms with Crippen molar-refractivity contribution in [2.75, 3.05) is 19.7 Å². The number of carbonyl (C=O) groups is 3. The Hall–Kier alpha value is -2.83. The molecule has 0 aliphatic carbocycles. The summed E-state index contributed by atoms with van der Waals surface area (Å²) in [5.74, 6) is -0.150. The van der Waals surface area contributed by atoms with Gasteiger partial charge >= 0.3 is 6.03 Å². The van der Waals surface area contributed by atoms with E-state index >= 15 is 0 Å². The Bertz CT molecular complexity index is 729. The van der Waals surface area contributed by atoms with Gasteiger partial charge in [-0.1, -0.05) is 32.1 Å². The number of carbonyl (C=O) groups excluding carboxylic acids is 3. The quantitative estimate of drug-likeness (QED) is 0.395. The smallest absolute Gasteiger partial charge is 0.325 e. The van der Waals surface area contributed by atoms with Crippen molar-refractivity contribution in [1.82, 2.24) is 15.5 Å². The van der Waals surface area contributed by atoms with E-state index < -0.39 is 17.5 Å². The molecule has 7 heteroatoms. The van der Waals surface area contributed by atoms with Crippen molar-refractivity contribution in [2.24, 2.45) is 0 Å². The van der Waals surface area contributed by atoms with Crippen LogP contribution in [0.3, 0.4) is 0 Å². The zero-order chi connectivity index (χ0) is 20.0. The van der Waals surface area contributed by atoms with Gasteiger partial charge in [-0.3, -0.25) is 14.5 Å². The Morgan fingerprint density at radius 1 is 1.30 bits per heavy atom. The Balaban J connectivity index is 2.06. The molecular weight excluding hydrogens is 346 g/mol. The molecule has 1 aliphatic rings. The molecule has 1 unspecified atom stereocenters. The summed E-state index contributed by atoms with van der Waals surface area (Å²) >= 11 is 0. The van der Waals surface area contributed by atoms with Gasteiger partial charge in [0.05, 0.1) is 0 Å².